The smallest absolute Gasteiger partial charge is 0.345 e. The first-order valence-corrected chi connectivity index (χ1v) is 12.8. The molecule has 0 aliphatic carbocycles. The third-order valence-electron chi connectivity index (χ3n) is 6.28. The van der Waals surface area contributed by atoms with E-state index in [4.69, 9.17) is 14.2 Å². The molecule has 0 saturated carbocycles. The van der Waals surface area contributed by atoms with Crippen LogP contribution in [0.4, 0.5) is 5.69 Å². The second-order valence-corrected chi connectivity index (χ2v) is 8.70. The van der Waals surface area contributed by atoms with Crippen LogP contribution in [0.25, 0.3) is 10.9 Å². The maximum atomic E-state index is 13.9. The van der Waals surface area contributed by atoms with Crippen LogP contribution in [0, 0.1) is 0 Å². The Morgan fingerprint density at radius 1 is 1.11 bits per heavy atom. The Bertz CT molecular complexity index is 1190. The topological polar surface area (TPSA) is 73.2 Å². The van der Waals surface area contributed by atoms with Gasteiger partial charge in [-0.05, 0) is 40.3 Å². The fraction of sp³-hybridized carbons (Fsp3) is 0.500. The Morgan fingerprint density at radius 2 is 1.78 bits per heavy atom. The highest BCUT2D eigenvalue weighted by Crippen LogP contribution is 2.40. The molecule has 2 aliphatic heterocycles. The molecule has 8 heteroatoms. The van der Waals surface area contributed by atoms with Crippen molar-refractivity contribution in [2.24, 2.45) is 0 Å². The maximum absolute atomic E-state index is 13.9. The number of benzene rings is 1. The number of carbonyl (C=O) groups is 1. The third kappa shape index (κ3) is 5.75. The summed E-state index contributed by atoms with van der Waals surface area (Å²) in [4.78, 5) is 31.4. The first-order valence-electron chi connectivity index (χ1n) is 12.8. The molecule has 1 saturated heterocycles. The predicted molar refractivity (Wildman–Crippen MR) is 145 cm³/mol. The number of pyridine rings is 1. The molecular weight excluding hydrogens is 458 g/mol. The average Bonchev–Trinajstić information content (AvgIpc) is 3.34. The third-order valence-corrected chi connectivity index (χ3v) is 6.28. The molecule has 0 bridgehead atoms. The van der Waals surface area contributed by atoms with Crippen LogP contribution >= 0.6 is 0 Å². The lowest BCUT2D eigenvalue weighted by molar-refractivity contribution is 0.0524. The van der Waals surface area contributed by atoms with Gasteiger partial charge in [-0.1, -0.05) is 37.6 Å². The molecule has 8 nitrogen and oxygen atoms in total. The number of hydrogen-bond donors (Lipinski definition) is 0. The first kappa shape index (κ1) is 27.3. The summed E-state index contributed by atoms with van der Waals surface area (Å²) in [6.45, 7) is 13.5. The van der Waals surface area contributed by atoms with E-state index in [9.17, 15) is 9.59 Å². The number of rotatable bonds is 7. The van der Waals surface area contributed by atoms with Gasteiger partial charge in [0.1, 0.15) is 5.56 Å². The number of piperazine rings is 1. The second kappa shape index (κ2) is 12.6. The van der Waals surface area contributed by atoms with Gasteiger partial charge in [-0.25, -0.2) is 4.79 Å². The zero-order valence-corrected chi connectivity index (χ0v) is 22.4. The van der Waals surface area contributed by atoms with Crippen molar-refractivity contribution in [3.8, 4) is 11.5 Å². The summed E-state index contributed by atoms with van der Waals surface area (Å²) < 4.78 is 18.3. The lowest BCUT2D eigenvalue weighted by atomic mass is 10.0. The molecule has 4 rings (SSSR count). The lowest BCUT2D eigenvalue weighted by Gasteiger charge is -2.35. The number of nitrogens with zero attached hydrogens (tertiary/aromatic N) is 3. The SMILES string of the molecule is C/C=C\C/C=C(\C)Cn1c(=O)c(C(=O)OCC)c(N2CCN(C)CC2)c2cc3c(cc21)OCO3.CC. The molecule has 3 heterocycles. The summed E-state index contributed by atoms with van der Waals surface area (Å²) >= 11 is 0. The highest BCUT2D eigenvalue weighted by Gasteiger charge is 2.30. The van der Waals surface area contributed by atoms with Crippen molar-refractivity contribution in [2.75, 3.05) is 51.5 Å². The first-order chi connectivity index (χ1) is 17.4. The zero-order chi connectivity index (χ0) is 26.2. The summed E-state index contributed by atoms with van der Waals surface area (Å²) in [5.74, 6) is 0.623. The number of likely N-dealkylation sites (N-methyl/N-ethyl adjacent to an activating group) is 1. The molecule has 0 spiro atoms. The van der Waals surface area contributed by atoms with Crippen molar-refractivity contribution in [3.63, 3.8) is 0 Å². The van der Waals surface area contributed by atoms with Gasteiger partial charge in [-0.2, -0.15) is 0 Å². The zero-order valence-electron chi connectivity index (χ0n) is 22.4. The summed E-state index contributed by atoms with van der Waals surface area (Å²) in [6.07, 6.45) is 6.92. The Labute approximate surface area is 213 Å². The van der Waals surface area contributed by atoms with Gasteiger partial charge < -0.3 is 28.6 Å². The molecule has 0 N–H and O–H groups in total. The number of allylic oxidation sites excluding steroid dienone is 4. The molecule has 196 valence electrons. The van der Waals surface area contributed by atoms with E-state index in [2.05, 4.69) is 29.0 Å². The fourth-order valence-electron chi connectivity index (χ4n) is 4.45. The van der Waals surface area contributed by atoms with Crippen molar-refractivity contribution < 1.29 is 19.0 Å². The molecule has 1 aromatic heterocycles. The predicted octanol–water partition coefficient (Wildman–Crippen LogP) is 4.60. The Balaban J connectivity index is 0.00000176. The molecule has 36 heavy (non-hydrogen) atoms. The molecule has 1 fully saturated rings. The number of esters is 1. The van der Waals surface area contributed by atoms with E-state index in [-0.39, 0.29) is 24.5 Å². The van der Waals surface area contributed by atoms with Gasteiger partial charge in [0, 0.05) is 44.2 Å². The molecule has 1 aromatic carbocycles. The van der Waals surface area contributed by atoms with Crippen molar-refractivity contribution >= 4 is 22.6 Å². The van der Waals surface area contributed by atoms with Crippen molar-refractivity contribution in [3.05, 3.63) is 51.9 Å². The second-order valence-electron chi connectivity index (χ2n) is 8.70. The van der Waals surface area contributed by atoms with Crippen LogP contribution in [0.15, 0.2) is 40.7 Å². The maximum Gasteiger partial charge on any atom is 0.345 e. The van der Waals surface area contributed by atoms with E-state index in [1.807, 2.05) is 45.9 Å². The summed E-state index contributed by atoms with van der Waals surface area (Å²) in [5, 5.41) is 0.790. The van der Waals surface area contributed by atoms with Gasteiger partial charge in [-0.15, -0.1) is 0 Å². The molecule has 0 unspecified atom stereocenters. The fourth-order valence-corrected chi connectivity index (χ4v) is 4.45. The van der Waals surface area contributed by atoms with Gasteiger partial charge in [-0.3, -0.25) is 4.79 Å². The Kier molecular flexibility index (Phi) is 9.58. The standard InChI is InChI=1S/C26H33N3O5.C2H6/c1-5-7-8-9-18(3)16-29-20-15-22-21(33-17-34-22)14-19(20)24(28-12-10-27(4)11-13-28)23(25(29)30)26(31)32-6-2;1-2/h5,7,9,14-15H,6,8,10-13,16-17H2,1-4H3;1-2H3/b7-5-,18-9+;. The van der Waals surface area contributed by atoms with Crippen LogP contribution in [0.5, 0.6) is 11.5 Å². The average molecular weight is 498 g/mol. The van der Waals surface area contributed by atoms with Crippen LogP contribution in [-0.4, -0.2) is 62.1 Å². The van der Waals surface area contributed by atoms with Crippen molar-refractivity contribution in [2.45, 2.75) is 47.6 Å². The molecule has 0 amide bonds. The van der Waals surface area contributed by atoms with E-state index in [0.717, 1.165) is 36.0 Å². The summed E-state index contributed by atoms with van der Waals surface area (Å²) in [6, 6.07) is 3.75. The molecule has 0 atom stereocenters. The lowest BCUT2D eigenvalue weighted by Crippen LogP contribution is -2.46. The largest absolute Gasteiger partial charge is 0.462 e. The highest BCUT2D eigenvalue weighted by molar-refractivity contribution is 6.06. The van der Waals surface area contributed by atoms with E-state index in [1.54, 1.807) is 11.5 Å². The van der Waals surface area contributed by atoms with E-state index < -0.39 is 5.97 Å². The summed E-state index contributed by atoms with van der Waals surface area (Å²) in [5.41, 5.74) is 2.10. The quantitative estimate of drug-likeness (QED) is 0.409. The van der Waals surface area contributed by atoms with Gasteiger partial charge in [0.25, 0.3) is 5.56 Å². The van der Waals surface area contributed by atoms with Crippen molar-refractivity contribution in [1.29, 1.82) is 0 Å². The van der Waals surface area contributed by atoms with Gasteiger partial charge in [0.05, 0.1) is 17.8 Å². The number of ether oxygens (including phenoxy) is 3. The minimum atomic E-state index is -0.592. The summed E-state index contributed by atoms with van der Waals surface area (Å²) in [7, 11) is 2.07. The minimum Gasteiger partial charge on any atom is -0.462 e. The number of anilines is 1. The van der Waals surface area contributed by atoms with Crippen LogP contribution in [0.1, 0.15) is 51.4 Å². The molecule has 2 aromatic rings. The van der Waals surface area contributed by atoms with Crippen molar-refractivity contribution in [1.82, 2.24) is 9.47 Å². The number of fused-ring (bicyclic) bond motifs is 2. The Hall–Kier alpha value is -3.26. The van der Waals surface area contributed by atoms with Gasteiger partial charge >= 0.3 is 5.97 Å². The monoisotopic (exact) mass is 497 g/mol. The minimum absolute atomic E-state index is 0.0824. The number of carbonyl (C=O) groups excluding carboxylic acids is 1. The van der Waals surface area contributed by atoms with E-state index in [1.165, 1.54) is 0 Å². The van der Waals surface area contributed by atoms with E-state index >= 15 is 0 Å². The Morgan fingerprint density at radius 3 is 2.42 bits per heavy atom. The van der Waals surface area contributed by atoms with Gasteiger partial charge in [0.2, 0.25) is 6.79 Å². The number of aromatic nitrogens is 1. The van der Waals surface area contributed by atoms with E-state index in [0.29, 0.717) is 36.8 Å². The number of hydrogen-bond acceptors (Lipinski definition) is 7. The van der Waals surface area contributed by atoms with Crippen LogP contribution in [-0.2, 0) is 11.3 Å². The highest BCUT2D eigenvalue weighted by atomic mass is 16.7. The van der Waals surface area contributed by atoms with Crippen LogP contribution in [0.2, 0.25) is 0 Å². The van der Waals surface area contributed by atoms with Crippen LogP contribution in [0.3, 0.4) is 0 Å². The molecule has 0 radical (unpaired) electrons. The molecular formula is C28H39N3O5. The van der Waals surface area contributed by atoms with Gasteiger partial charge in [0.15, 0.2) is 11.5 Å². The normalized spacial score (nSPS) is 15.8. The molecule has 2 aliphatic rings. The van der Waals surface area contributed by atoms with Crippen LogP contribution < -0.4 is 19.9 Å².